The molecule has 0 amide bonds. The van der Waals surface area contributed by atoms with Gasteiger partial charge in [-0.3, -0.25) is 4.57 Å². The van der Waals surface area contributed by atoms with Crippen LogP contribution in [0.2, 0.25) is 0 Å². The van der Waals surface area contributed by atoms with Crippen LogP contribution in [0.15, 0.2) is 17.4 Å². The van der Waals surface area contributed by atoms with Crippen LogP contribution in [0.5, 0.6) is 0 Å². The van der Waals surface area contributed by atoms with Crippen LogP contribution in [0, 0.1) is 0 Å². The monoisotopic (exact) mass is 179 g/mol. The Morgan fingerprint density at radius 1 is 1.69 bits per heavy atom. The Morgan fingerprint density at radius 2 is 2.46 bits per heavy atom. The first-order valence-corrected chi connectivity index (χ1v) is 4.59. The summed E-state index contributed by atoms with van der Waals surface area (Å²) in [6, 6.07) is 0. The van der Waals surface area contributed by atoms with Gasteiger partial charge in [0.25, 0.3) is 0 Å². The van der Waals surface area contributed by atoms with Crippen molar-refractivity contribution in [2.75, 3.05) is 0 Å². The number of H-pyrrole nitrogens is 1. The van der Waals surface area contributed by atoms with Crippen LogP contribution in [0.25, 0.3) is 0 Å². The highest BCUT2D eigenvalue weighted by molar-refractivity contribution is 5.01. The van der Waals surface area contributed by atoms with E-state index in [1.807, 2.05) is 0 Å². The van der Waals surface area contributed by atoms with E-state index in [1.54, 1.807) is 10.6 Å². The van der Waals surface area contributed by atoms with Gasteiger partial charge in [0.05, 0.1) is 0 Å². The number of hydrogen-bond acceptors (Lipinski definition) is 2. The van der Waals surface area contributed by atoms with Gasteiger partial charge in [-0.1, -0.05) is 12.5 Å². The summed E-state index contributed by atoms with van der Waals surface area (Å²) in [6.07, 6.45) is 5.28. The van der Waals surface area contributed by atoms with Crippen molar-refractivity contribution >= 4 is 0 Å². The summed E-state index contributed by atoms with van der Waals surface area (Å²) in [4.78, 5) is 11.3. The molecule has 0 bridgehead atoms. The third-order valence-electron chi connectivity index (χ3n) is 2.57. The molecular weight excluding hydrogens is 166 g/mol. The molecule has 1 heterocycles. The van der Waals surface area contributed by atoms with E-state index in [9.17, 15) is 4.79 Å². The second kappa shape index (κ2) is 3.20. The maximum Gasteiger partial charge on any atom is 0.343 e. The Bertz CT molecular complexity index is 359. The lowest BCUT2D eigenvalue weighted by Gasteiger charge is -2.24. The second-order valence-corrected chi connectivity index (χ2v) is 3.41. The van der Waals surface area contributed by atoms with Gasteiger partial charge >= 0.3 is 5.69 Å². The molecule has 0 spiro atoms. The zero-order chi connectivity index (χ0) is 9.26. The molecule has 4 heteroatoms. The predicted octanol–water partition coefficient (Wildman–Crippen LogP) is 1.02. The van der Waals surface area contributed by atoms with Crippen molar-refractivity contribution in [1.82, 2.24) is 14.8 Å². The van der Waals surface area contributed by atoms with Gasteiger partial charge in [0.2, 0.25) is 0 Å². The van der Waals surface area contributed by atoms with Gasteiger partial charge in [0, 0.05) is 12.5 Å². The zero-order valence-electron chi connectivity index (χ0n) is 7.49. The maximum absolute atomic E-state index is 11.3. The molecule has 1 saturated carbocycles. The molecule has 1 fully saturated rings. The average Bonchev–Trinajstić information content (AvgIpc) is 2.33. The van der Waals surface area contributed by atoms with E-state index in [2.05, 4.69) is 16.8 Å². The first-order chi connectivity index (χ1) is 6.33. The van der Waals surface area contributed by atoms with Gasteiger partial charge in [-0.25, -0.2) is 9.89 Å². The van der Waals surface area contributed by atoms with E-state index >= 15 is 0 Å². The van der Waals surface area contributed by atoms with Gasteiger partial charge in [0.15, 0.2) is 0 Å². The molecule has 1 aliphatic rings. The summed E-state index contributed by atoms with van der Waals surface area (Å²) >= 11 is 0. The molecular formula is C9H13N3O. The molecule has 2 rings (SSSR count). The van der Waals surface area contributed by atoms with Crippen LogP contribution in [0.4, 0.5) is 0 Å². The quantitative estimate of drug-likeness (QED) is 0.704. The molecule has 0 atom stereocenters. The van der Waals surface area contributed by atoms with Gasteiger partial charge in [-0.05, 0) is 12.8 Å². The normalized spacial score (nSPS) is 16.9. The van der Waals surface area contributed by atoms with Gasteiger partial charge in [0.1, 0.15) is 5.82 Å². The molecule has 1 aromatic heterocycles. The molecule has 0 radical (unpaired) electrons. The third-order valence-corrected chi connectivity index (χ3v) is 2.57. The number of nitrogens with zero attached hydrogens (tertiary/aromatic N) is 2. The van der Waals surface area contributed by atoms with Crippen molar-refractivity contribution in [3.63, 3.8) is 0 Å². The summed E-state index contributed by atoms with van der Waals surface area (Å²) < 4.78 is 1.66. The fourth-order valence-electron chi connectivity index (χ4n) is 1.61. The molecule has 1 aromatic rings. The molecule has 0 aromatic carbocycles. The average molecular weight is 179 g/mol. The SMILES string of the molecule is C=CCn1c(C2CCC2)n[nH]c1=O. The van der Waals surface area contributed by atoms with E-state index < -0.39 is 0 Å². The molecule has 4 nitrogen and oxygen atoms in total. The Kier molecular flexibility index (Phi) is 2.04. The zero-order valence-corrected chi connectivity index (χ0v) is 7.49. The lowest BCUT2D eigenvalue weighted by Crippen LogP contribution is -2.22. The standard InChI is InChI=1S/C9H13N3O/c1-2-6-12-8(7-4-3-5-7)10-11-9(12)13/h2,7H,1,3-6H2,(H,11,13). The topological polar surface area (TPSA) is 50.7 Å². The molecule has 70 valence electrons. The number of aromatic nitrogens is 3. The van der Waals surface area contributed by atoms with Crippen molar-refractivity contribution < 1.29 is 0 Å². The summed E-state index contributed by atoms with van der Waals surface area (Å²) in [5, 5.41) is 6.51. The number of rotatable bonds is 3. The largest absolute Gasteiger partial charge is 0.343 e. The van der Waals surface area contributed by atoms with Crippen molar-refractivity contribution in [1.29, 1.82) is 0 Å². The number of nitrogens with one attached hydrogen (secondary N) is 1. The van der Waals surface area contributed by atoms with Gasteiger partial charge < -0.3 is 0 Å². The Hall–Kier alpha value is -1.32. The highest BCUT2D eigenvalue weighted by atomic mass is 16.1. The second-order valence-electron chi connectivity index (χ2n) is 3.41. The van der Waals surface area contributed by atoms with E-state index in [1.165, 1.54) is 6.42 Å². The van der Waals surface area contributed by atoms with E-state index in [0.717, 1.165) is 18.7 Å². The Labute approximate surface area is 76.3 Å². The first kappa shape index (κ1) is 8.29. The van der Waals surface area contributed by atoms with E-state index in [-0.39, 0.29) is 5.69 Å². The predicted molar refractivity (Wildman–Crippen MR) is 49.6 cm³/mol. The third kappa shape index (κ3) is 1.32. The maximum atomic E-state index is 11.3. The highest BCUT2D eigenvalue weighted by Gasteiger charge is 2.24. The van der Waals surface area contributed by atoms with Crippen molar-refractivity contribution in [3.8, 4) is 0 Å². The number of hydrogen-bond donors (Lipinski definition) is 1. The minimum atomic E-state index is -0.123. The smallest absolute Gasteiger partial charge is 0.275 e. The Balaban J connectivity index is 2.32. The van der Waals surface area contributed by atoms with Crippen molar-refractivity contribution in [2.45, 2.75) is 31.7 Å². The lowest BCUT2D eigenvalue weighted by atomic mass is 9.85. The van der Waals surface area contributed by atoms with E-state index in [4.69, 9.17) is 0 Å². The van der Waals surface area contributed by atoms with Crippen molar-refractivity contribution in [3.05, 3.63) is 29.0 Å². The van der Waals surface area contributed by atoms with Crippen LogP contribution < -0.4 is 5.69 Å². The minimum Gasteiger partial charge on any atom is -0.275 e. The van der Waals surface area contributed by atoms with Crippen LogP contribution in [-0.2, 0) is 6.54 Å². The molecule has 0 aliphatic heterocycles. The van der Waals surface area contributed by atoms with Gasteiger partial charge in [-0.15, -0.1) is 6.58 Å². The van der Waals surface area contributed by atoms with Crippen molar-refractivity contribution in [2.24, 2.45) is 0 Å². The summed E-state index contributed by atoms with van der Waals surface area (Å²) in [7, 11) is 0. The molecule has 13 heavy (non-hydrogen) atoms. The molecule has 1 N–H and O–H groups in total. The van der Waals surface area contributed by atoms with Gasteiger partial charge in [-0.2, -0.15) is 5.10 Å². The molecule has 0 saturated heterocycles. The number of allylic oxidation sites excluding steroid dienone is 1. The molecule has 0 unspecified atom stereocenters. The minimum absolute atomic E-state index is 0.123. The summed E-state index contributed by atoms with van der Waals surface area (Å²) in [5.74, 6) is 1.38. The van der Waals surface area contributed by atoms with Crippen LogP contribution in [0.3, 0.4) is 0 Å². The Morgan fingerprint density at radius 3 is 3.00 bits per heavy atom. The van der Waals surface area contributed by atoms with E-state index in [0.29, 0.717) is 12.5 Å². The lowest BCUT2D eigenvalue weighted by molar-refractivity contribution is 0.389. The van der Waals surface area contributed by atoms with Crippen LogP contribution in [0.1, 0.15) is 31.0 Å². The van der Waals surface area contributed by atoms with Crippen LogP contribution in [-0.4, -0.2) is 14.8 Å². The van der Waals surface area contributed by atoms with Crippen LogP contribution >= 0.6 is 0 Å². The number of aromatic amines is 1. The summed E-state index contributed by atoms with van der Waals surface area (Å²) in [5.41, 5.74) is -0.123. The highest BCUT2D eigenvalue weighted by Crippen LogP contribution is 2.34. The molecule has 1 aliphatic carbocycles. The summed E-state index contributed by atoms with van der Waals surface area (Å²) in [6.45, 7) is 4.18. The fourth-order valence-corrected chi connectivity index (χ4v) is 1.61. The fraction of sp³-hybridized carbons (Fsp3) is 0.556. The first-order valence-electron chi connectivity index (χ1n) is 4.59.